The number of benzene rings is 2. The molecule has 0 aromatic heterocycles. The molecular formula is C20H24N2O2. The van der Waals surface area contributed by atoms with Crippen molar-refractivity contribution < 1.29 is 9.53 Å². The molecule has 24 heavy (non-hydrogen) atoms. The third-order valence-electron chi connectivity index (χ3n) is 4.43. The van der Waals surface area contributed by atoms with Gasteiger partial charge in [-0.1, -0.05) is 12.1 Å². The molecule has 1 aliphatic rings. The minimum Gasteiger partial charge on any atom is -0.497 e. The van der Waals surface area contributed by atoms with E-state index in [1.807, 2.05) is 48.5 Å². The number of carbonyl (C=O) groups excluding carboxylic acids is 1. The second kappa shape index (κ2) is 7.86. The van der Waals surface area contributed by atoms with Gasteiger partial charge in [0.2, 0.25) is 0 Å². The SMILES string of the molecule is COc1cccc(CCNC(=O)c2ccc(N3CCCC3)cc2)c1. The molecule has 1 aliphatic heterocycles. The lowest BCUT2D eigenvalue weighted by atomic mass is 10.1. The second-order valence-electron chi connectivity index (χ2n) is 6.10. The Morgan fingerprint density at radius 1 is 1.12 bits per heavy atom. The van der Waals surface area contributed by atoms with Crippen LogP contribution in [0.1, 0.15) is 28.8 Å². The minimum atomic E-state index is -0.0223. The standard InChI is InChI=1S/C20H24N2O2/c1-24-19-6-4-5-16(15-19)11-12-21-20(23)17-7-9-18(10-8-17)22-13-2-3-14-22/h4-10,15H,2-3,11-14H2,1H3,(H,21,23). The normalized spacial score (nSPS) is 13.8. The highest BCUT2D eigenvalue weighted by atomic mass is 16.5. The molecule has 0 radical (unpaired) electrons. The van der Waals surface area contributed by atoms with Gasteiger partial charge in [0.15, 0.2) is 0 Å². The highest BCUT2D eigenvalue weighted by Gasteiger charge is 2.12. The zero-order valence-electron chi connectivity index (χ0n) is 14.1. The molecule has 0 spiro atoms. The fraction of sp³-hybridized carbons (Fsp3) is 0.350. The smallest absolute Gasteiger partial charge is 0.251 e. The third-order valence-corrected chi connectivity index (χ3v) is 4.43. The molecule has 0 atom stereocenters. The molecule has 1 N–H and O–H groups in total. The number of amides is 1. The van der Waals surface area contributed by atoms with Crippen molar-refractivity contribution in [3.05, 3.63) is 59.7 Å². The molecular weight excluding hydrogens is 300 g/mol. The van der Waals surface area contributed by atoms with Gasteiger partial charge in [-0.3, -0.25) is 4.79 Å². The Kier molecular flexibility index (Phi) is 5.36. The van der Waals surface area contributed by atoms with Gasteiger partial charge >= 0.3 is 0 Å². The summed E-state index contributed by atoms with van der Waals surface area (Å²) in [7, 11) is 1.66. The van der Waals surface area contributed by atoms with Gasteiger partial charge in [0, 0.05) is 30.9 Å². The lowest BCUT2D eigenvalue weighted by Gasteiger charge is -2.17. The van der Waals surface area contributed by atoms with E-state index in [0.717, 1.165) is 30.8 Å². The van der Waals surface area contributed by atoms with Crippen LogP contribution in [0.25, 0.3) is 0 Å². The summed E-state index contributed by atoms with van der Waals surface area (Å²) >= 11 is 0. The van der Waals surface area contributed by atoms with E-state index in [1.54, 1.807) is 7.11 Å². The van der Waals surface area contributed by atoms with Crippen LogP contribution in [0.3, 0.4) is 0 Å². The van der Waals surface area contributed by atoms with E-state index in [4.69, 9.17) is 4.74 Å². The summed E-state index contributed by atoms with van der Waals surface area (Å²) in [6.07, 6.45) is 3.30. The number of nitrogens with one attached hydrogen (secondary N) is 1. The Balaban J connectivity index is 1.51. The molecule has 0 aliphatic carbocycles. The molecule has 1 amide bonds. The molecule has 1 heterocycles. The summed E-state index contributed by atoms with van der Waals surface area (Å²) in [5, 5.41) is 2.98. The molecule has 2 aromatic rings. The molecule has 3 rings (SSSR count). The lowest BCUT2D eigenvalue weighted by molar-refractivity contribution is 0.0954. The van der Waals surface area contributed by atoms with Crippen LogP contribution in [0.4, 0.5) is 5.69 Å². The fourth-order valence-corrected chi connectivity index (χ4v) is 3.05. The van der Waals surface area contributed by atoms with Gasteiger partial charge in [-0.15, -0.1) is 0 Å². The van der Waals surface area contributed by atoms with E-state index < -0.39 is 0 Å². The summed E-state index contributed by atoms with van der Waals surface area (Å²) in [6, 6.07) is 15.8. The first-order valence-electron chi connectivity index (χ1n) is 8.52. The maximum Gasteiger partial charge on any atom is 0.251 e. The number of hydrogen-bond acceptors (Lipinski definition) is 3. The van der Waals surface area contributed by atoms with Crippen LogP contribution in [0.2, 0.25) is 0 Å². The van der Waals surface area contributed by atoms with Gasteiger partial charge in [-0.2, -0.15) is 0 Å². The number of rotatable bonds is 6. The summed E-state index contributed by atoms with van der Waals surface area (Å²) in [6.45, 7) is 2.85. The Bertz CT molecular complexity index is 676. The fourth-order valence-electron chi connectivity index (χ4n) is 3.05. The average Bonchev–Trinajstić information content (AvgIpc) is 3.16. The number of nitrogens with zero attached hydrogens (tertiary/aromatic N) is 1. The predicted molar refractivity (Wildman–Crippen MR) is 96.9 cm³/mol. The lowest BCUT2D eigenvalue weighted by Crippen LogP contribution is -2.25. The van der Waals surface area contributed by atoms with Gasteiger partial charge in [0.25, 0.3) is 5.91 Å². The second-order valence-corrected chi connectivity index (χ2v) is 6.10. The average molecular weight is 324 g/mol. The van der Waals surface area contributed by atoms with Gasteiger partial charge in [0.05, 0.1) is 7.11 Å². The number of ether oxygens (including phenoxy) is 1. The number of methoxy groups -OCH3 is 1. The Morgan fingerprint density at radius 2 is 1.88 bits per heavy atom. The largest absolute Gasteiger partial charge is 0.497 e. The van der Waals surface area contributed by atoms with E-state index in [1.165, 1.54) is 18.5 Å². The van der Waals surface area contributed by atoms with E-state index >= 15 is 0 Å². The van der Waals surface area contributed by atoms with Crippen molar-refractivity contribution in [2.75, 3.05) is 31.6 Å². The van der Waals surface area contributed by atoms with Crippen LogP contribution in [-0.4, -0.2) is 32.7 Å². The molecule has 2 aromatic carbocycles. The van der Waals surface area contributed by atoms with Crippen LogP contribution in [0, 0.1) is 0 Å². The molecule has 126 valence electrons. The van der Waals surface area contributed by atoms with Crippen molar-refractivity contribution in [2.24, 2.45) is 0 Å². The Morgan fingerprint density at radius 3 is 2.58 bits per heavy atom. The molecule has 1 saturated heterocycles. The van der Waals surface area contributed by atoms with Gasteiger partial charge in [0.1, 0.15) is 5.75 Å². The highest BCUT2D eigenvalue weighted by molar-refractivity contribution is 5.94. The van der Waals surface area contributed by atoms with E-state index in [0.29, 0.717) is 12.1 Å². The number of carbonyl (C=O) groups is 1. The van der Waals surface area contributed by atoms with Gasteiger partial charge in [-0.05, 0) is 61.2 Å². The Hall–Kier alpha value is -2.49. The number of anilines is 1. The quantitative estimate of drug-likeness (QED) is 0.887. The predicted octanol–water partition coefficient (Wildman–Crippen LogP) is 3.27. The molecule has 0 saturated carbocycles. The maximum atomic E-state index is 12.2. The first-order valence-corrected chi connectivity index (χ1v) is 8.52. The van der Waals surface area contributed by atoms with Gasteiger partial charge < -0.3 is 15.0 Å². The summed E-state index contributed by atoms with van der Waals surface area (Å²) < 4.78 is 5.21. The molecule has 0 unspecified atom stereocenters. The first-order chi connectivity index (χ1) is 11.8. The van der Waals surface area contributed by atoms with Crippen molar-refractivity contribution in [1.29, 1.82) is 0 Å². The van der Waals surface area contributed by atoms with E-state index in [-0.39, 0.29) is 5.91 Å². The van der Waals surface area contributed by atoms with Crippen LogP contribution in [-0.2, 0) is 6.42 Å². The van der Waals surface area contributed by atoms with Crippen LogP contribution in [0.15, 0.2) is 48.5 Å². The molecule has 0 bridgehead atoms. The van der Waals surface area contributed by atoms with Crippen molar-refractivity contribution in [3.63, 3.8) is 0 Å². The zero-order valence-corrected chi connectivity index (χ0v) is 14.1. The minimum absolute atomic E-state index is 0.0223. The van der Waals surface area contributed by atoms with Crippen LogP contribution in [0.5, 0.6) is 5.75 Å². The van der Waals surface area contributed by atoms with Crippen molar-refractivity contribution in [3.8, 4) is 5.75 Å². The van der Waals surface area contributed by atoms with Crippen molar-refractivity contribution in [2.45, 2.75) is 19.3 Å². The van der Waals surface area contributed by atoms with E-state index in [9.17, 15) is 4.79 Å². The first kappa shape index (κ1) is 16.4. The topological polar surface area (TPSA) is 41.6 Å². The number of hydrogen-bond donors (Lipinski definition) is 1. The maximum absolute atomic E-state index is 12.2. The van der Waals surface area contributed by atoms with Crippen LogP contribution >= 0.6 is 0 Å². The van der Waals surface area contributed by atoms with E-state index in [2.05, 4.69) is 10.2 Å². The summed E-state index contributed by atoms with van der Waals surface area (Å²) in [5.41, 5.74) is 3.07. The molecule has 4 heteroatoms. The molecule has 4 nitrogen and oxygen atoms in total. The zero-order chi connectivity index (χ0) is 16.8. The monoisotopic (exact) mass is 324 g/mol. The highest BCUT2D eigenvalue weighted by Crippen LogP contribution is 2.20. The molecule has 1 fully saturated rings. The van der Waals surface area contributed by atoms with Crippen molar-refractivity contribution >= 4 is 11.6 Å². The summed E-state index contributed by atoms with van der Waals surface area (Å²) in [4.78, 5) is 14.6. The Labute approximate surface area is 143 Å². The van der Waals surface area contributed by atoms with Crippen LogP contribution < -0.4 is 15.0 Å². The third kappa shape index (κ3) is 4.07. The summed E-state index contributed by atoms with van der Waals surface area (Å²) in [5.74, 6) is 0.821. The van der Waals surface area contributed by atoms with Gasteiger partial charge in [-0.25, -0.2) is 0 Å². The van der Waals surface area contributed by atoms with Crippen molar-refractivity contribution in [1.82, 2.24) is 5.32 Å².